The van der Waals surface area contributed by atoms with Crippen LogP contribution in [0.15, 0.2) is 35.6 Å². The van der Waals surface area contributed by atoms with Crippen molar-refractivity contribution < 1.29 is 18.7 Å². The first-order valence-electron chi connectivity index (χ1n) is 8.87. The molecular weight excluding hydrogens is 412 g/mol. The lowest BCUT2D eigenvalue weighted by Crippen LogP contribution is -2.39. The van der Waals surface area contributed by atoms with Crippen LogP contribution >= 0.6 is 11.8 Å². The van der Waals surface area contributed by atoms with Crippen LogP contribution in [0.1, 0.15) is 35.7 Å². The van der Waals surface area contributed by atoms with Crippen molar-refractivity contribution in [2.24, 2.45) is 16.6 Å². The molecule has 0 radical (unpaired) electrons. The Morgan fingerprint density at radius 1 is 1.43 bits per heavy atom. The second-order valence-electron chi connectivity index (χ2n) is 7.29. The molecule has 1 aliphatic carbocycles. The van der Waals surface area contributed by atoms with Crippen LogP contribution in [0.3, 0.4) is 0 Å². The van der Waals surface area contributed by atoms with Crippen molar-refractivity contribution in [1.82, 2.24) is 9.97 Å². The van der Waals surface area contributed by atoms with E-state index in [1.807, 2.05) is 6.07 Å². The van der Waals surface area contributed by atoms with E-state index in [0.29, 0.717) is 5.56 Å². The SMILES string of the molecule is CC1(c2cc(/C=C(\F)c3ccc(C#N)cn3)cnc2F)N=C(N)SC2(C(=O)O)CC21. The highest BCUT2D eigenvalue weighted by Crippen LogP contribution is 2.65. The fourth-order valence-corrected chi connectivity index (χ4v) is 5.09. The van der Waals surface area contributed by atoms with E-state index in [4.69, 9.17) is 11.0 Å². The van der Waals surface area contributed by atoms with Gasteiger partial charge in [-0.1, -0.05) is 11.8 Å². The fourth-order valence-electron chi connectivity index (χ4n) is 3.77. The Labute approximate surface area is 174 Å². The van der Waals surface area contributed by atoms with Crippen molar-refractivity contribution in [3.05, 3.63) is 58.9 Å². The number of aliphatic imine (C=N–C) groups is 1. The summed E-state index contributed by atoms with van der Waals surface area (Å²) in [6, 6.07) is 6.08. The molecule has 4 rings (SSSR count). The third-order valence-electron chi connectivity index (χ3n) is 5.42. The molecule has 2 aromatic heterocycles. The van der Waals surface area contributed by atoms with Crippen LogP contribution in [-0.2, 0) is 10.3 Å². The number of nitrogens with zero attached hydrogens (tertiary/aromatic N) is 4. The molecule has 0 spiro atoms. The number of hydrogen-bond acceptors (Lipinski definition) is 7. The zero-order chi connectivity index (χ0) is 21.7. The lowest BCUT2D eigenvalue weighted by Gasteiger charge is -2.32. The van der Waals surface area contributed by atoms with Gasteiger partial charge in [0, 0.05) is 23.9 Å². The van der Waals surface area contributed by atoms with Gasteiger partial charge in [-0.05, 0) is 43.2 Å². The van der Waals surface area contributed by atoms with Crippen molar-refractivity contribution in [3.63, 3.8) is 0 Å². The van der Waals surface area contributed by atoms with Gasteiger partial charge in [-0.3, -0.25) is 14.8 Å². The zero-order valence-electron chi connectivity index (χ0n) is 15.6. The first kappa shape index (κ1) is 20.0. The van der Waals surface area contributed by atoms with E-state index in [1.165, 1.54) is 24.4 Å². The summed E-state index contributed by atoms with van der Waals surface area (Å²) < 4.78 is 28.1. The maximum absolute atomic E-state index is 14.7. The molecule has 30 heavy (non-hydrogen) atoms. The smallest absolute Gasteiger partial charge is 0.320 e. The number of hydrogen-bond donors (Lipinski definition) is 2. The van der Waals surface area contributed by atoms with Gasteiger partial charge in [0.1, 0.15) is 16.6 Å². The van der Waals surface area contributed by atoms with Crippen LogP contribution in [0.2, 0.25) is 0 Å². The second kappa shape index (κ2) is 6.88. The molecule has 0 aromatic carbocycles. The molecule has 1 fully saturated rings. The summed E-state index contributed by atoms with van der Waals surface area (Å²) in [7, 11) is 0. The minimum atomic E-state index is -1.24. The van der Waals surface area contributed by atoms with Crippen LogP contribution in [-0.4, -0.2) is 31.0 Å². The molecule has 152 valence electrons. The summed E-state index contributed by atoms with van der Waals surface area (Å²) in [5, 5.41) is 18.5. The monoisotopic (exact) mass is 427 g/mol. The van der Waals surface area contributed by atoms with Crippen molar-refractivity contribution in [2.75, 3.05) is 0 Å². The molecule has 2 aromatic rings. The minimum Gasteiger partial charge on any atom is -0.480 e. The molecule has 3 unspecified atom stereocenters. The number of carboxylic acid groups (broad SMARTS) is 1. The molecule has 1 aliphatic heterocycles. The molecule has 7 nitrogen and oxygen atoms in total. The molecule has 0 amide bonds. The number of aromatic nitrogens is 2. The van der Waals surface area contributed by atoms with Crippen LogP contribution in [0.4, 0.5) is 8.78 Å². The van der Waals surface area contributed by atoms with Crippen LogP contribution in [0.25, 0.3) is 11.9 Å². The highest BCUT2D eigenvalue weighted by atomic mass is 32.2. The number of carboxylic acids is 1. The van der Waals surface area contributed by atoms with E-state index < -0.39 is 33.9 Å². The predicted octanol–water partition coefficient (Wildman–Crippen LogP) is 3.07. The number of pyridine rings is 2. The van der Waals surface area contributed by atoms with E-state index in [1.54, 1.807) is 6.92 Å². The van der Waals surface area contributed by atoms with Gasteiger partial charge in [0.15, 0.2) is 5.17 Å². The normalized spacial score (nSPS) is 27.6. The molecule has 10 heteroatoms. The summed E-state index contributed by atoms with van der Waals surface area (Å²) >= 11 is 0.971. The average Bonchev–Trinajstić information content (AvgIpc) is 3.46. The highest BCUT2D eigenvalue weighted by Gasteiger charge is 2.71. The number of thioether (sulfide) groups is 1. The Hall–Kier alpha value is -3.32. The van der Waals surface area contributed by atoms with E-state index in [0.717, 1.165) is 24.0 Å². The number of fused-ring (bicyclic) bond motifs is 1. The summed E-state index contributed by atoms with van der Waals surface area (Å²) in [6.07, 6.45) is 3.83. The van der Waals surface area contributed by atoms with E-state index in [2.05, 4.69) is 15.0 Å². The van der Waals surface area contributed by atoms with Gasteiger partial charge in [0.05, 0.1) is 16.8 Å². The van der Waals surface area contributed by atoms with Gasteiger partial charge in [0.25, 0.3) is 0 Å². The van der Waals surface area contributed by atoms with Crippen molar-refractivity contribution in [2.45, 2.75) is 23.6 Å². The van der Waals surface area contributed by atoms with Gasteiger partial charge in [-0.25, -0.2) is 9.37 Å². The summed E-state index contributed by atoms with van der Waals surface area (Å²) in [6.45, 7) is 1.61. The molecule has 1 saturated carbocycles. The Kier molecular flexibility index (Phi) is 4.58. The Bertz CT molecular complexity index is 1160. The largest absolute Gasteiger partial charge is 0.480 e. The van der Waals surface area contributed by atoms with E-state index in [9.17, 15) is 18.7 Å². The number of amidine groups is 1. The predicted molar refractivity (Wildman–Crippen MR) is 107 cm³/mol. The molecule has 0 bridgehead atoms. The van der Waals surface area contributed by atoms with E-state index in [-0.39, 0.29) is 28.4 Å². The Morgan fingerprint density at radius 3 is 2.83 bits per heavy atom. The van der Waals surface area contributed by atoms with Crippen molar-refractivity contribution in [1.29, 1.82) is 5.26 Å². The van der Waals surface area contributed by atoms with Gasteiger partial charge >= 0.3 is 5.97 Å². The van der Waals surface area contributed by atoms with Gasteiger partial charge in [0.2, 0.25) is 5.95 Å². The van der Waals surface area contributed by atoms with Crippen LogP contribution in [0.5, 0.6) is 0 Å². The number of halogens is 2. The van der Waals surface area contributed by atoms with Crippen molar-refractivity contribution >= 4 is 34.8 Å². The van der Waals surface area contributed by atoms with Crippen molar-refractivity contribution in [3.8, 4) is 6.07 Å². The highest BCUT2D eigenvalue weighted by molar-refractivity contribution is 8.15. The number of nitriles is 1. The topological polar surface area (TPSA) is 125 Å². The summed E-state index contributed by atoms with van der Waals surface area (Å²) in [5.41, 5.74) is 5.23. The fraction of sp³-hybridized carbons (Fsp3) is 0.250. The maximum atomic E-state index is 14.7. The standard InChI is InChI=1S/C20H15F2N5O2S/c1-19(15-6-20(15,17(28)29)30-18(24)27-19)12-4-11(9-26-16(12)22)5-13(21)14-3-2-10(7-23)8-25-14/h2-5,8-9,15H,6H2,1H3,(H2,24,27)(H,28,29)/b13-5-. The van der Waals surface area contributed by atoms with Crippen LogP contribution in [0, 0.1) is 23.2 Å². The third kappa shape index (κ3) is 3.11. The third-order valence-corrected chi connectivity index (χ3v) is 6.71. The number of aliphatic carboxylic acids is 1. The van der Waals surface area contributed by atoms with E-state index >= 15 is 0 Å². The molecule has 3 N–H and O–H groups in total. The first-order valence-corrected chi connectivity index (χ1v) is 9.69. The second-order valence-corrected chi connectivity index (χ2v) is 8.65. The minimum absolute atomic E-state index is 0.00880. The van der Waals surface area contributed by atoms with Gasteiger partial charge in [-0.15, -0.1) is 0 Å². The quantitative estimate of drug-likeness (QED) is 0.718. The maximum Gasteiger partial charge on any atom is 0.320 e. The van der Waals surface area contributed by atoms with Gasteiger partial charge in [-0.2, -0.15) is 9.65 Å². The molecule has 3 atom stereocenters. The lowest BCUT2D eigenvalue weighted by molar-refractivity contribution is -0.137. The van der Waals surface area contributed by atoms with Gasteiger partial charge < -0.3 is 10.8 Å². The molecular formula is C20H15F2N5O2S. The summed E-state index contributed by atoms with van der Waals surface area (Å²) in [5.74, 6) is -3.01. The Morgan fingerprint density at radius 2 is 2.20 bits per heavy atom. The number of rotatable bonds is 4. The Balaban J connectivity index is 1.73. The number of carbonyl (C=O) groups is 1. The average molecular weight is 427 g/mol. The molecule has 3 heterocycles. The molecule has 2 aliphatic rings. The number of nitrogens with two attached hydrogens (primary N) is 1. The lowest BCUT2D eigenvalue weighted by atomic mass is 9.86. The summed E-state index contributed by atoms with van der Waals surface area (Å²) in [4.78, 5) is 23.7. The van der Waals surface area contributed by atoms with Crippen LogP contribution < -0.4 is 5.73 Å². The molecule has 0 saturated heterocycles. The zero-order valence-corrected chi connectivity index (χ0v) is 16.5. The first-order chi connectivity index (χ1) is 14.2.